The molecule has 32 heavy (non-hydrogen) atoms. The molecule has 2 aromatic heterocycles. The third-order valence-corrected chi connectivity index (χ3v) is 5.59. The fourth-order valence-electron chi connectivity index (χ4n) is 3.75. The Labute approximate surface area is 185 Å². The fourth-order valence-corrected chi connectivity index (χ4v) is 3.75. The molecule has 1 aliphatic rings. The molecule has 0 spiro atoms. The minimum Gasteiger partial charge on any atom is -0.497 e. The second-order valence-electron chi connectivity index (χ2n) is 7.53. The maximum atomic E-state index is 12.9. The molecule has 3 aromatic rings. The summed E-state index contributed by atoms with van der Waals surface area (Å²) in [7, 11) is 3.12. The number of piperidine rings is 1. The summed E-state index contributed by atoms with van der Waals surface area (Å²) in [6.07, 6.45) is 4.55. The second kappa shape index (κ2) is 9.51. The minimum atomic E-state index is -0.182. The molecule has 0 saturated carbocycles. The first-order valence-corrected chi connectivity index (χ1v) is 10.4. The molecular weight excluding hydrogens is 410 g/mol. The van der Waals surface area contributed by atoms with Gasteiger partial charge in [-0.25, -0.2) is 0 Å². The van der Waals surface area contributed by atoms with Crippen LogP contribution in [0.1, 0.15) is 23.3 Å². The van der Waals surface area contributed by atoms with E-state index in [-0.39, 0.29) is 17.7 Å². The third kappa shape index (κ3) is 4.56. The van der Waals surface area contributed by atoms with E-state index in [9.17, 15) is 9.59 Å². The third-order valence-electron chi connectivity index (χ3n) is 5.59. The molecule has 1 aromatic carbocycles. The maximum Gasteiger partial charge on any atom is 0.271 e. The summed E-state index contributed by atoms with van der Waals surface area (Å²) < 4.78 is 10.5. The van der Waals surface area contributed by atoms with Crippen molar-refractivity contribution >= 4 is 17.5 Å². The van der Waals surface area contributed by atoms with Gasteiger partial charge in [-0.05, 0) is 43.2 Å². The Morgan fingerprint density at radius 1 is 1.12 bits per heavy atom. The first-order valence-electron chi connectivity index (χ1n) is 10.4. The Hall–Kier alpha value is -3.88. The van der Waals surface area contributed by atoms with Crippen LogP contribution in [0.15, 0.2) is 48.8 Å². The van der Waals surface area contributed by atoms with Gasteiger partial charge in [0, 0.05) is 43.0 Å². The summed E-state index contributed by atoms with van der Waals surface area (Å²) in [4.78, 5) is 31.5. The van der Waals surface area contributed by atoms with E-state index in [1.807, 2.05) is 12.1 Å². The van der Waals surface area contributed by atoms with Crippen LogP contribution in [0.4, 0.5) is 5.69 Å². The van der Waals surface area contributed by atoms with Gasteiger partial charge >= 0.3 is 0 Å². The molecule has 0 bridgehead atoms. The highest BCUT2D eigenvalue weighted by Crippen LogP contribution is 2.30. The van der Waals surface area contributed by atoms with Crippen LogP contribution >= 0.6 is 0 Å². The topological polar surface area (TPSA) is 109 Å². The zero-order valence-corrected chi connectivity index (χ0v) is 18.0. The summed E-state index contributed by atoms with van der Waals surface area (Å²) in [6, 6.07) is 10.7. The normalized spacial score (nSPS) is 14.1. The molecule has 1 aliphatic heterocycles. The van der Waals surface area contributed by atoms with Crippen molar-refractivity contribution in [3.05, 3.63) is 54.5 Å². The average molecular weight is 435 g/mol. The number of benzene rings is 1. The van der Waals surface area contributed by atoms with Crippen molar-refractivity contribution in [2.45, 2.75) is 12.8 Å². The quantitative estimate of drug-likeness (QED) is 0.616. The van der Waals surface area contributed by atoms with Crippen molar-refractivity contribution in [2.24, 2.45) is 5.92 Å². The molecule has 166 valence electrons. The summed E-state index contributed by atoms with van der Waals surface area (Å²) in [5.74, 6) is 0.800. The number of anilines is 1. The van der Waals surface area contributed by atoms with Gasteiger partial charge in [-0.2, -0.15) is 5.10 Å². The van der Waals surface area contributed by atoms with Crippen LogP contribution in [-0.4, -0.2) is 59.2 Å². The lowest BCUT2D eigenvalue weighted by molar-refractivity contribution is -0.121. The minimum absolute atomic E-state index is 0.0824. The van der Waals surface area contributed by atoms with Gasteiger partial charge in [-0.3, -0.25) is 19.7 Å². The van der Waals surface area contributed by atoms with Crippen LogP contribution in [0.3, 0.4) is 0 Å². The Kier molecular flexibility index (Phi) is 6.34. The van der Waals surface area contributed by atoms with E-state index >= 15 is 0 Å². The Morgan fingerprint density at radius 3 is 2.62 bits per heavy atom. The lowest BCUT2D eigenvalue weighted by atomic mass is 9.95. The number of nitrogens with zero attached hydrogens (tertiary/aromatic N) is 3. The average Bonchev–Trinajstić information content (AvgIpc) is 3.35. The highest BCUT2D eigenvalue weighted by molar-refractivity contribution is 5.95. The molecule has 9 nitrogen and oxygen atoms in total. The number of carbonyl (C=O) groups is 2. The Bertz CT molecular complexity index is 1090. The van der Waals surface area contributed by atoms with Crippen molar-refractivity contribution in [3.63, 3.8) is 0 Å². The second-order valence-corrected chi connectivity index (χ2v) is 7.53. The van der Waals surface area contributed by atoms with Gasteiger partial charge in [0.2, 0.25) is 5.91 Å². The molecule has 1 fully saturated rings. The van der Waals surface area contributed by atoms with Gasteiger partial charge in [-0.15, -0.1) is 0 Å². The number of ether oxygens (including phenoxy) is 2. The number of amides is 2. The number of pyridine rings is 1. The Morgan fingerprint density at radius 2 is 1.94 bits per heavy atom. The number of H-pyrrole nitrogens is 1. The van der Waals surface area contributed by atoms with E-state index in [1.165, 1.54) is 0 Å². The molecular formula is C23H25N5O4. The zero-order chi connectivity index (χ0) is 22.5. The standard InChI is InChI=1S/C23H25N5O4/c1-31-17-5-6-18(21(12-17)32-2)25-22(29)15-7-10-28(11-8-15)23(30)20-13-19(26-27-20)16-4-3-9-24-14-16/h3-6,9,12-15H,7-8,10-11H2,1-2H3,(H,25,29)(H,26,27). The highest BCUT2D eigenvalue weighted by Gasteiger charge is 2.29. The number of likely N-dealkylation sites (tertiary alicyclic amines) is 1. The van der Waals surface area contributed by atoms with Crippen molar-refractivity contribution < 1.29 is 19.1 Å². The zero-order valence-electron chi connectivity index (χ0n) is 18.0. The Balaban J connectivity index is 1.34. The highest BCUT2D eigenvalue weighted by atomic mass is 16.5. The number of hydrogen-bond donors (Lipinski definition) is 2. The van der Waals surface area contributed by atoms with Gasteiger partial charge in [0.05, 0.1) is 25.6 Å². The van der Waals surface area contributed by atoms with E-state index < -0.39 is 0 Å². The van der Waals surface area contributed by atoms with Crippen LogP contribution in [-0.2, 0) is 4.79 Å². The number of hydrogen-bond acceptors (Lipinski definition) is 6. The first kappa shape index (κ1) is 21.4. The summed E-state index contributed by atoms with van der Waals surface area (Å²) in [6.45, 7) is 0.996. The van der Waals surface area contributed by atoms with E-state index in [2.05, 4.69) is 20.5 Å². The largest absolute Gasteiger partial charge is 0.497 e. The van der Waals surface area contributed by atoms with E-state index in [0.717, 1.165) is 5.56 Å². The molecule has 0 radical (unpaired) electrons. The van der Waals surface area contributed by atoms with Crippen LogP contribution in [0, 0.1) is 5.92 Å². The van der Waals surface area contributed by atoms with E-state index in [1.54, 1.807) is 55.8 Å². The van der Waals surface area contributed by atoms with E-state index in [4.69, 9.17) is 9.47 Å². The molecule has 3 heterocycles. The van der Waals surface area contributed by atoms with Crippen molar-refractivity contribution in [2.75, 3.05) is 32.6 Å². The van der Waals surface area contributed by atoms with Gasteiger partial charge in [0.25, 0.3) is 5.91 Å². The van der Waals surface area contributed by atoms with Gasteiger partial charge in [0.1, 0.15) is 17.2 Å². The van der Waals surface area contributed by atoms with Gasteiger partial charge in [0.15, 0.2) is 0 Å². The molecule has 1 saturated heterocycles. The molecule has 0 atom stereocenters. The molecule has 0 aliphatic carbocycles. The van der Waals surface area contributed by atoms with Crippen LogP contribution < -0.4 is 14.8 Å². The molecule has 0 unspecified atom stereocenters. The smallest absolute Gasteiger partial charge is 0.271 e. The van der Waals surface area contributed by atoms with Crippen LogP contribution in [0.2, 0.25) is 0 Å². The number of aromatic nitrogens is 3. The predicted molar refractivity (Wildman–Crippen MR) is 119 cm³/mol. The van der Waals surface area contributed by atoms with Crippen LogP contribution in [0.5, 0.6) is 11.5 Å². The van der Waals surface area contributed by atoms with Crippen LogP contribution in [0.25, 0.3) is 11.3 Å². The maximum absolute atomic E-state index is 12.9. The molecule has 4 rings (SSSR count). The number of carbonyl (C=O) groups excluding carboxylic acids is 2. The number of rotatable bonds is 6. The number of nitrogens with one attached hydrogen (secondary N) is 2. The van der Waals surface area contributed by atoms with Crippen molar-refractivity contribution in [1.82, 2.24) is 20.1 Å². The molecule has 9 heteroatoms. The lowest BCUT2D eigenvalue weighted by Gasteiger charge is -2.31. The molecule has 2 amide bonds. The summed E-state index contributed by atoms with van der Waals surface area (Å²) >= 11 is 0. The van der Waals surface area contributed by atoms with Gasteiger partial charge in [-0.1, -0.05) is 0 Å². The molecule has 2 N–H and O–H groups in total. The van der Waals surface area contributed by atoms with Gasteiger partial charge < -0.3 is 19.7 Å². The SMILES string of the molecule is COc1ccc(NC(=O)C2CCN(C(=O)c3cc(-c4cccnc4)n[nH]3)CC2)c(OC)c1. The summed E-state index contributed by atoms with van der Waals surface area (Å²) in [5, 5.41) is 9.98. The fraction of sp³-hybridized carbons (Fsp3) is 0.304. The number of aromatic amines is 1. The van der Waals surface area contributed by atoms with E-state index in [0.29, 0.717) is 54.5 Å². The van der Waals surface area contributed by atoms with Crippen molar-refractivity contribution in [3.8, 4) is 22.8 Å². The summed E-state index contributed by atoms with van der Waals surface area (Å²) in [5.41, 5.74) is 2.53. The first-order chi connectivity index (χ1) is 15.6. The lowest BCUT2D eigenvalue weighted by Crippen LogP contribution is -2.41. The van der Waals surface area contributed by atoms with Crippen molar-refractivity contribution in [1.29, 1.82) is 0 Å². The monoisotopic (exact) mass is 435 g/mol. The predicted octanol–water partition coefficient (Wildman–Crippen LogP) is 2.98. The number of methoxy groups -OCH3 is 2.